The van der Waals surface area contributed by atoms with E-state index in [0.29, 0.717) is 6.42 Å². The quantitative estimate of drug-likeness (QED) is 0.914. The third kappa shape index (κ3) is 3.55. The van der Waals surface area contributed by atoms with Crippen molar-refractivity contribution in [1.29, 1.82) is 0 Å². The zero-order valence-electron chi connectivity index (χ0n) is 12.2. The Labute approximate surface area is 129 Å². The maximum Gasteiger partial charge on any atom is 0.303 e. The van der Waals surface area contributed by atoms with Gasteiger partial charge in [-0.05, 0) is 29.7 Å². The summed E-state index contributed by atoms with van der Waals surface area (Å²) >= 11 is 0. The number of benzene rings is 2. The van der Waals surface area contributed by atoms with Crippen LogP contribution in [0.3, 0.4) is 0 Å². The van der Waals surface area contributed by atoms with Gasteiger partial charge in [-0.25, -0.2) is 0 Å². The molecule has 3 rings (SSSR count). The van der Waals surface area contributed by atoms with Gasteiger partial charge in [-0.2, -0.15) is 0 Å². The molecule has 112 valence electrons. The van der Waals surface area contributed by atoms with Gasteiger partial charge in [0, 0.05) is 18.4 Å². The lowest BCUT2D eigenvalue weighted by atomic mass is 10.0. The van der Waals surface area contributed by atoms with E-state index in [0.717, 1.165) is 23.3 Å². The van der Waals surface area contributed by atoms with E-state index >= 15 is 0 Å². The van der Waals surface area contributed by atoms with Crippen molar-refractivity contribution < 1.29 is 14.6 Å². The van der Waals surface area contributed by atoms with E-state index in [4.69, 9.17) is 9.84 Å². The average Bonchev–Trinajstić information content (AvgIpc) is 2.53. The van der Waals surface area contributed by atoms with Gasteiger partial charge in [-0.3, -0.25) is 4.79 Å². The summed E-state index contributed by atoms with van der Waals surface area (Å²) in [5.41, 5.74) is 3.28. The summed E-state index contributed by atoms with van der Waals surface area (Å²) in [4.78, 5) is 10.7. The molecule has 2 aromatic rings. The number of carbonyl (C=O) groups is 1. The van der Waals surface area contributed by atoms with E-state index in [2.05, 4.69) is 24.3 Å². The summed E-state index contributed by atoms with van der Waals surface area (Å²) in [6, 6.07) is 16.2. The molecule has 22 heavy (non-hydrogen) atoms. The van der Waals surface area contributed by atoms with Crippen molar-refractivity contribution in [2.45, 2.75) is 25.4 Å². The monoisotopic (exact) mass is 294 g/mol. The highest BCUT2D eigenvalue weighted by Gasteiger charge is 2.15. The first-order valence-corrected chi connectivity index (χ1v) is 7.44. The molecule has 3 nitrogen and oxygen atoms in total. The maximum absolute atomic E-state index is 10.7. The second-order valence-electron chi connectivity index (χ2n) is 5.47. The largest absolute Gasteiger partial charge is 0.485 e. The number of ether oxygens (including phenoxy) is 1. The average molecular weight is 294 g/mol. The third-order valence-corrected chi connectivity index (χ3v) is 3.75. The second kappa shape index (κ2) is 6.48. The fourth-order valence-corrected chi connectivity index (χ4v) is 2.59. The zero-order valence-corrected chi connectivity index (χ0v) is 12.2. The van der Waals surface area contributed by atoms with Crippen LogP contribution >= 0.6 is 0 Å². The van der Waals surface area contributed by atoms with Crippen molar-refractivity contribution in [3.8, 4) is 5.75 Å². The van der Waals surface area contributed by atoms with Crippen molar-refractivity contribution in [2.75, 3.05) is 0 Å². The number of hydrogen-bond donors (Lipinski definition) is 1. The Morgan fingerprint density at radius 1 is 1.09 bits per heavy atom. The summed E-state index contributed by atoms with van der Waals surface area (Å²) in [5.74, 6) is 0.0619. The molecule has 1 aliphatic heterocycles. The van der Waals surface area contributed by atoms with Crippen LogP contribution in [0.25, 0.3) is 6.08 Å². The molecule has 0 aromatic heterocycles. The highest BCUT2D eigenvalue weighted by molar-refractivity contribution is 5.67. The van der Waals surface area contributed by atoms with E-state index in [9.17, 15) is 4.79 Å². The summed E-state index contributed by atoms with van der Waals surface area (Å²) in [5, 5.41) is 8.78. The Kier molecular flexibility index (Phi) is 4.24. The number of aliphatic carboxylic acids is 1. The standard InChI is InChI=1S/C19H18O3/c20-19(21)11-7-15-6-8-16-9-10-17(22-18(16)13-15)12-14-4-2-1-3-5-14/h1-6,8-10,13,17H,7,11-12H2,(H,20,21). The van der Waals surface area contributed by atoms with Crippen molar-refractivity contribution in [1.82, 2.24) is 0 Å². The van der Waals surface area contributed by atoms with Gasteiger partial charge in [-0.15, -0.1) is 0 Å². The smallest absolute Gasteiger partial charge is 0.303 e. The van der Waals surface area contributed by atoms with Gasteiger partial charge in [0.15, 0.2) is 0 Å². The van der Waals surface area contributed by atoms with Crippen LogP contribution in [0.1, 0.15) is 23.1 Å². The summed E-state index contributed by atoms with van der Waals surface area (Å²) < 4.78 is 6.05. The fourth-order valence-electron chi connectivity index (χ4n) is 2.59. The molecule has 0 fully saturated rings. The Morgan fingerprint density at radius 2 is 1.91 bits per heavy atom. The number of carboxylic acid groups (broad SMARTS) is 1. The first kappa shape index (κ1) is 14.4. The third-order valence-electron chi connectivity index (χ3n) is 3.75. The van der Waals surface area contributed by atoms with Gasteiger partial charge >= 0.3 is 5.97 Å². The molecule has 0 amide bonds. The number of carboxylic acids is 1. The number of hydrogen-bond acceptors (Lipinski definition) is 2. The van der Waals surface area contributed by atoms with Crippen molar-refractivity contribution in [3.63, 3.8) is 0 Å². The second-order valence-corrected chi connectivity index (χ2v) is 5.47. The molecule has 2 aromatic carbocycles. The molecule has 0 saturated heterocycles. The van der Waals surface area contributed by atoms with Gasteiger partial charge in [-0.1, -0.05) is 48.5 Å². The van der Waals surface area contributed by atoms with E-state index in [1.54, 1.807) is 0 Å². The topological polar surface area (TPSA) is 46.5 Å². The lowest BCUT2D eigenvalue weighted by Crippen LogP contribution is -2.19. The van der Waals surface area contributed by atoms with Crippen LogP contribution in [0.4, 0.5) is 0 Å². The normalized spacial score (nSPS) is 15.9. The minimum atomic E-state index is -0.777. The van der Waals surface area contributed by atoms with Gasteiger partial charge in [0.25, 0.3) is 0 Å². The predicted octanol–water partition coefficient (Wildman–Crippen LogP) is 3.72. The summed E-state index contributed by atoms with van der Waals surface area (Å²) in [6.45, 7) is 0. The van der Waals surface area contributed by atoms with Crippen LogP contribution in [0.15, 0.2) is 54.6 Å². The van der Waals surface area contributed by atoms with E-state index in [1.807, 2.05) is 36.4 Å². The van der Waals surface area contributed by atoms with Crippen molar-refractivity contribution in [3.05, 3.63) is 71.3 Å². The van der Waals surface area contributed by atoms with E-state index in [1.165, 1.54) is 5.56 Å². The van der Waals surface area contributed by atoms with Crippen molar-refractivity contribution in [2.24, 2.45) is 0 Å². The van der Waals surface area contributed by atoms with Gasteiger partial charge < -0.3 is 9.84 Å². The van der Waals surface area contributed by atoms with Crippen LogP contribution < -0.4 is 4.74 Å². The molecule has 1 aliphatic rings. The van der Waals surface area contributed by atoms with Crippen LogP contribution in [-0.2, 0) is 17.6 Å². The van der Waals surface area contributed by atoms with Crippen LogP contribution in [-0.4, -0.2) is 17.2 Å². The lowest BCUT2D eigenvalue weighted by Gasteiger charge is -2.22. The van der Waals surface area contributed by atoms with Crippen LogP contribution in [0.5, 0.6) is 5.75 Å². The summed E-state index contributed by atoms with van der Waals surface area (Å²) in [7, 11) is 0. The van der Waals surface area contributed by atoms with E-state index in [-0.39, 0.29) is 12.5 Å². The first-order valence-electron chi connectivity index (χ1n) is 7.44. The van der Waals surface area contributed by atoms with Gasteiger partial charge in [0.2, 0.25) is 0 Å². The Balaban J connectivity index is 1.71. The van der Waals surface area contributed by atoms with Gasteiger partial charge in [0.1, 0.15) is 11.9 Å². The zero-order chi connectivity index (χ0) is 15.4. The van der Waals surface area contributed by atoms with Gasteiger partial charge in [0.05, 0.1) is 0 Å². The van der Waals surface area contributed by atoms with Crippen LogP contribution in [0.2, 0.25) is 0 Å². The summed E-state index contributed by atoms with van der Waals surface area (Å²) in [6.07, 6.45) is 5.67. The molecular formula is C19H18O3. The number of aryl methyl sites for hydroxylation is 1. The Bertz CT molecular complexity index is 689. The van der Waals surface area contributed by atoms with E-state index < -0.39 is 5.97 Å². The highest BCUT2D eigenvalue weighted by atomic mass is 16.5. The molecular weight excluding hydrogens is 276 g/mol. The molecule has 1 unspecified atom stereocenters. The molecule has 0 bridgehead atoms. The molecule has 0 radical (unpaired) electrons. The highest BCUT2D eigenvalue weighted by Crippen LogP contribution is 2.28. The Hall–Kier alpha value is -2.55. The predicted molar refractivity (Wildman–Crippen MR) is 86.0 cm³/mol. The SMILES string of the molecule is O=C(O)CCc1ccc2c(c1)OC(Cc1ccccc1)C=C2. The lowest BCUT2D eigenvalue weighted by molar-refractivity contribution is -0.136. The maximum atomic E-state index is 10.7. The molecule has 0 spiro atoms. The van der Waals surface area contributed by atoms with Crippen LogP contribution in [0, 0.1) is 0 Å². The molecule has 0 aliphatic carbocycles. The number of rotatable bonds is 5. The minimum absolute atomic E-state index is 0.0182. The molecule has 1 atom stereocenters. The Morgan fingerprint density at radius 3 is 2.68 bits per heavy atom. The molecule has 0 saturated carbocycles. The molecule has 3 heteroatoms. The fraction of sp³-hybridized carbons (Fsp3) is 0.211. The minimum Gasteiger partial charge on any atom is -0.485 e. The van der Waals surface area contributed by atoms with Crippen molar-refractivity contribution >= 4 is 12.0 Å². The first-order chi connectivity index (χ1) is 10.7. The molecule has 1 N–H and O–H groups in total. The molecule has 1 heterocycles. The number of fused-ring (bicyclic) bond motifs is 1.